The minimum absolute atomic E-state index is 0.0302. The topological polar surface area (TPSA) is 59.8 Å². The van der Waals surface area contributed by atoms with E-state index in [0.29, 0.717) is 19.4 Å². The van der Waals surface area contributed by atoms with Gasteiger partial charge in [0.1, 0.15) is 5.01 Å². The summed E-state index contributed by atoms with van der Waals surface area (Å²) < 4.78 is 1.79. The summed E-state index contributed by atoms with van der Waals surface area (Å²) in [6.07, 6.45) is 2.89. The number of hydrogen-bond acceptors (Lipinski definition) is 4. The van der Waals surface area contributed by atoms with Crippen LogP contribution in [0.2, 0.25) is 0 Å². The molecule has 0 spiro atoms. The SMILES string of the molecule is Cn1nccc1CCC(=O)NCc1nc(-c2ccccc2)cs1. The Kier molecular flexibility index (Phi) is 4.83. The van der Waals surface area contributed by atoms with Crippen molar-refractivity contribution in [2.24, 2.45) is 7.05 Å². The number of rotatable bonds is 6. The van der Waals surface area contributed by atoms with E-state index >= 15 is 0 Å². The van der Waals surface area contributed by atoms with Gasteiger partial charge in [0.25, 0.3) is 0 Å². The van der Waals surface area contributed by atoms with Gasteiger partial charge in [0, 0.05) is 36.3 Å². The number of amides is 1. The lowest BCUT2D eigenvalue weighted by molar-refractivity contribution is -0.121. The highest BCUT2D eigenvalue weighted by molar-refractivity contribution is 7.09. The fraction of sp³-hybridized carbons (Fsp3) is 0.235. The number of hydrogen-bond donors (Lipinski definition) is 1. The molecule has 0 aliphatic rings. The lowest BCUT2D eigenvalue weighted by Gasteiger charge is -2.03. The number of benzene rings is 1. The van der Waals surface area contributed by atoms with E-state index in [4.69, 9.17) is 0 Å². The second kappa shape index (κ2) is 7.19. The molecule has 2 heterocycles. The molecule has 0 unspecified atom stereocenters. The molecule has 0 atom stereocenters. The van der Waals surface area contributed by atoms with Crippen molar-refractivity contribution >= 4 is 17.2 Å². The highest BCUT2D eigenvalue weighted by Gasteiger charge is 2.07. The number of aromatic nitrogens is 3. The van der Waals surface area contributed by atoms with Crippen LogP contribution < -0.4 is 5.32 Å². The zero-order chi connectivity index (χ0) is 16.1. The Morgan fingerprint density at radius 3 is 2.83 bits per heavy atom. The van der Waals surface area contributed by atoms with Gasteiger partial charge in [-0.25, -0.2) is 4.98 Å². The summed E-state index contributed by atoms with van der Waals surface area (Å²) in [5, 5.41) is 9.96. The monoisotopic (exact) mass is 326 g/mol. The maximum absolute atomic E-state index is 11.9. The van der Waals surface area contributed by atoms with Crippen LogP contribution in [0, 0.1) is 0 Å². The molecule has 2 aromatic heterocycles. The summed E-state index contributed by atoms with van der Waals surface area (Å²) in [4.78, 5) is 16.5. The maximum Gasteiger partial charge on any atom is 0.220 e. The van der Waals surface area contributed by atoms with Gasteiger partial charge in [0.2, 0.25) is 5.91 Å². The molecular weight excluding hydrogens is 308 g/mol. The normalized spacial score (nSPS) is 10.7. The zero-order valence-corrected chi connectivity index (χ0v) is 13.7. The highest BCUT2D eigenvalue weighted by Crippen LogP contribution is 2.21. The van der Waals surface area contributed by atoms with Crippen molar-refractivity contribution < 1.29 is 4.79 Å². The van der Waals surface area contributed by atoms with E-state index in [9.17, 15) is 4.79 Å². The average molecular weight is 326 g/mol. The Bertz CT molecular complexity index is 779. The number of nitrogens with one attached hydrogen (secondary N) is 1. The van der Waals surface area contributed by atoms with E-state index in [1.807, 2.05) is 48.8 Å². The van der Waals surface area contributed by atoms with E-state index in [1.165, 1.54) is 0 Å². The quantitative estimate of drug-likeness (QED) is 0.758. The van der Waals surface area contributed by atoms with Gasteiger partial charge in [0.05, 0.1) is 12.2 Å². The molecule has 0 fully saturated rings. The molecule has 6 heteroatoms. The summed E-state index contributed by atoms with van der Waals surface area (Å²) in [5.41, 5.74) is 3.10. The van der Waals surface area contributed by atoms with E-state index < -0.39 is 0 Å². The highest BCUT2D eigenvalue weighted by atomic mass is 32.1. The van der Waals surface area contributed by atoms with Crippen LogP contribution in [0.25, 0.3) is 11.3 Å². The molecule has 1 N–H and O–H groups in total. The lowest BCUT2D eigenvalue weighted by atomic mass is 10.2. The number of nitrogens with zero attached hydrogens (tertiary/aromatic N) is 3. The van der Waals surface area contributed by atoms with E-state index in [-0.39, 0.29) is 5.91 Å². The maximum atomic E-state index is 11.9. The molecule has 1 amide bonds. The molecule has 3 rings (SSSR count). The number of carbonyl (C=O) groups excluding carboxylic acids is 1. The predicted molar refractivity (Wildman–Crippen MR) is 90.9 cm³/mol. The molecule has 5 nitrogen and oxygen atoms in total. The van der Waals surface area contributed by atoms with Gasteiger partial charge in [-0.15, -0.1) is 11.3 Å². The Labute approximate surface area is 139 Å². The van der Waals surface area contributed by atoms with Crippen LogP contribution in [-0.4, -0.2) is 20.7 Å². The van der Waals surface area contributed by atoms with Crippen molar-refractivity contribution in [3.63, 3.8) is 0 Å². The number of aryl methyl sites for hydroxylation is 2. The summed E-state index contributed by atoms with van der Waals surface area (Å²) >= 11 is 1.56. The van der Waals surface area contributed by atoms with Crippen LogP contribution in [-0.2, 0) is 24.8 Å². The Morgan fingerprint density at radius 1 is 1.26 bits per heavy atom. The third-order valence-electron chi connectivity index (χ3n) is 3.59. The van der Waals surface area contributed by atoms with Crippen LogP contribution in [0.3, 0.4) is 0 Å². The fourth-order valence-corrected chi connectivity index (χ4v) is 3.03. The van der Waals surface area contributed by atoms with Crippen molar-refractivity contribution in [3.05, 3.63) is 58.7 Å². The molecule has 3 aromatic rings. The third kappa shape index (κ3) is 4.04. The summed E-state index contributed by atoms with van der Waals surface area (Å²) in [7, 11) is 1.88. The van der Waals surface area contributed by atoms with Crippen LogP contribution in [0.1, 0.15) is 17.1 Å². The van der Waals surface area contributed by atoms with Crippen LogP contribution in [0.4, 0.5) is 0 Å². The second-order valence-electron chi connectivity index (χ2n) is 5.22. The van der Waals surface area contributed by atoms with Gasteiger partial charge < -0.3 is 5.32 Å². The van der Waals surface area contributed by atoms with Crippen LogP contribution in [0.5, 0.6) is 0 Å². The van der Waals surface area contributed by atoms with Gasteiger partial charge in [-0.2, -0.15) is 5.10 Å². The van der Waals surface area contributed by atoms with Gasteiger partial charge >= 0.3 is 0 Å². The molecule has 0 aliphatic carbocycles. The van der Waals surface area contributed by atoms with Gasteiger partial charge in [-0.05, 0) is 12.5 Å². The molecule has 0 saturated heterocycles. The predicted octanol–water partition coefficient (Wildman–Crippen LogP) is 2.79. The van der Waals surface area contributed by atoms with Crippen molar-refractivity contribution in [1.29, 1.82) is 0 Å². The molecular formula is C17H18N4OS. The average Bonchev–Trinajstić information content (AvgIpc) is 3.21. The number of thiazole rings is 1. The zero-order valence-electron chi connectivity index (χ0n) is 12.9. The van der Waals surface area contributed by atoms with E-state index in [1.54, 1.807) is 22.2 Å². The smallest absolute Gasteiger partial charge is 0.220 e. The first-order valence-corrected chi connectivity index (χ1v) is 8.34. The molecule has 23 heavy (non-hydrogen) atoms. The molecule has 118 valence electrons. The van der Waals surface area contributed by atoms with Crippen LogP contribution >= 0.6 is 11.3 Å². The first-order valence-electron chi connectivity index (χ1n) is 7.46. The van der Waals surface area contributed by atoms with Crippen LogP contribution in [0.15, 0.2) is 48.0 Å². The molecule has 0 saturated carbocycles. The minimum Gasteiger partial charge on any atom is -0.350 e. The Hall–Kier alpha value is -2.47. The summed E-state index contributed by atoms with van der Waals surface area (Å²) in [6.45, 7) is 0.474. The fourth-order valence-electron chi connectivity index (χ4n) is 2.28. The molecule has 0 bridgehead atoms. The van der Waals surface area contributed by atoms with Gasteiger partial charge in [-0.3, -0.25) is 9.48 Å². The molecule has 1 aromatic carbocycles. The first-order chi connectivity index (χ1) is 11.2. The van der Waals surface area contributed by atoms with E-state index in [0.717, 1.165) is 22.0 Å². The van der Waals surface area contributed by atoms with Gasteiger partial charge in [0.15, 0.2) is 0 Å². The van der Waals surface area contributed by atoms with Crippen molar-refractivity contribution in [2.45, 2.75) is 19.4 Å². The Morgan fingerprint density at radius 2 is 2.09 bits per heavy atom. The standard InChI is InChI=1S/C17H18N4OS/c1-21-14(9-10-19-21)7-8-16(22)18-11-17-20-15(12-23-17)13-5-3-2-4-6-13/h2-6,9-10,12H,7-8,11H2,1H3,(H,18,22). The largest absolute Gasteiger partial charge is 0.350 e. The van der Waals surface area contributed by atoms with Crippen molar-refractivity contribution in [3.8, 4) is 11.3 Å². The molecule has 0 aliphatic heterocycles. The lowest BCUT2D eigenvalue weighted by Crippen LogP contribution is -2.23. The summed E-state index contributed by atoms with van der Waals surface area (Å²) in [6, 6.07) is 12.0. The Balaban J connectivity index is 1.50. The second-order valence-corrected chi connectivity index (χ2v) is 6.16. The van der Waals surface area contributed by atoms with Crippen molar-refractivity contribution in [1.82, 2.24) is 20.1 Å². The number of carbonyl (C=O) groups is 1. The minimum atomic E-state index is 0.0302. The van der Waals surface area contributed by atoms with Crippen molar-refractivity contribution in [2.75, 3.05) is 0 Å². The third-order valence-corrected chi connectivity index (χ3v) is 4.44. The molecule has 0 radical (unpaired) electrons. The van der Waals surface area contributed by atoms with Gasteiger partial charge in [-0.1, -0.05) is 30.3 Å². The summed E-state index contributed by atoms with van der Waals surface area (Å²) in [5.74, 6) is 0.0302. The first kappa shape index (κ1) is 15.4. The van der Waals surface area contributed by atoms with E-state index in [2.05, 4.69) is 15.4 Å².